The van der Waals surface area contributed by atoms with Crippen molar-refractivity contribution in [2.45, 2.75) is 45.1 Å². The average molecular weight is 299 g/mol. The van der Waals surface area contributed by atoms with Gasteiger partial charge in [-0.3, -0.25) is 0 Å². The van der Waals surface area contributed by atoms with Gasteiger partial charge < -0.3 is 5.11 Å². The first-order valence-corrected chi connectivity index (χ1v) is 8.47. The fourth-order valence-corrected chi connectivity index (χ4v) is 2.84. The van der Waals surface area contributed by atoms with E-state index in [0.717, 1.165) is 12.0 Å². The summed E-state index contributed by atoms with van der Waals surface area (Å²) in [5, 5.41) is 9.65. The minimum atomic E-state index is -3.54. The first kappa shape index (κ1) is 17.1. The van der Waals surface area contributed by atoms with Crippen LogP contribution in [0.2, 0.25) is 0 Å². The summed E-state index contributed by atoms with van der Waals surface area (Å²) in [6.45, 7) is 7.98. The third kappa shape index (κ3) is 5.23. The minimum absolute atomic E-state index is 0.0196. The largest absolute Gasteiger partial charge is 0.391 e. The molecule has 0 aliphatic rings. The molecule has 0 heterocycles. The van der Waals surface area contributed by atoms with Crippen LogP contribution in [0.4, 0.5) is 0 Å². The molecule has 4 nitrogen and oxygen atoms in total. The summed E-state index contributed by atoms with van der Waals surface area (Å²) in [5.41, 5.74) is 1.13. The van der Waals surface area contributed by atoms with E-state index in [1.807, 2.05) is 26.0 Å². The van der Waals surface area contributed by atoms with Gasteiger partial charge in [-0.2, -0.15) is 0 Å². The van der Waals surface area contributed by atoms with Gasteiger partial charge in [0.15, 0.2) is 0 Å². The van der Waals surface area contributed by atoms with Crippen molar-refractivity contribution in [3.8, 4) is 0 Å². The van der Waals surface area contributed by atoms with Crippen LogP contribution >= 0.6 is 0 Å². The number of benzene rings is 1. The molecule has 0 amide bonds. The topological polar surface area (TPSA) is 66.4 Å². The van der Waals surface area contributed by atoms with E-state index in [0.29, 0.717) is 5.92 Å². The van der Waals surface area contributed by atoms with E-state index in [4.69, 9.17) is 0 Å². The van der Waals surface area contributed by atoms with E-state index in [1.165, 1.54) is 0 Å². The highest BCUT2D eigenvalue weighted by atomic mass is 32.2. The van der Waals surface area contributed by atoms with Crippen molar-refractivity contribution in [2.24, 2.45) is 11.8 Å². The van der Waals surface area contributed by atoms with Crippen LogP contribution in [0, 0.1) is 11.8 Å². The Balaban J connectivity index is 2.73. The van der Waals surface area contributed by atoms with E-state index in [9.17, 15) is 13.5 Å². The lowest BCUT2D eigenvalue weighted by molar-refractivity contribution is 0.129. The first-order chi connectivity index (χ1) is 9.22. The van der Waals surface area contributed by atoms with Gasteiger partial charge in [-0.05, 0) is 36.0 Å². The molecule has 1 rings (SSSR count). The summed E-state index contributed by atoms with van der Waals surface area (Å²) in [6, 6.07) is 6.91. The molecule has 0 saturated carbocycles. The fourth-order valence-electron chi connectivity index (χ4n) is 1.79. The van der Waals surface area contributed by atoms with E-state index in [2.05, 4.69) is 18.6 Å². The van der Waals surface area contributed by atoms with Gasteiger partial charge in [0.1, 0.15) is 0 Å². The van der Waals surface area contributed by atoms with E-state index in [1.54, 1.807) is 12.1 Å². The van der Waals surface area contributed by atoms with Crippen molar-refractivity contribution in [3.05, 3.63) is 29.8 Å². The molecular weight excluding hydrogens is 274 g/mol. The highest BCUT2D eigenvalue weighted by Crippen LogP contribution is 2.13. The van der Waals surface area contributed by atoms with Crippen LogP contribution in [0.1, 0.15) is 33.3 Å². The summed E-state index contributed by atoms with van der Waals surface area (Å²) in [5.74, 6) is 0.558. The van der Waals surface area contributed by atoms with Crippen LogP contribution < -0.4 is 4.72 Å². The fraction of sp³-hybridized carbons (Fsp3) is 0.600. The van der Waals surface area contributed by atoms with E-state index in [-0.39, 0.29) is 17.4 Å². The number of aliphatic hydroxyl groups excluding tert-OH is 1. The Morgan fingerprint density at radius 1 is 1.10 bits per heavy atom. The maximum atomic E-state index is 12.1. The van der Waals surface area contributed by atoms with E-state index < -0.39 is 16.1 Å². The third-order valence-electron chi connectivity index (χ3n) is 3.13. The Bertz CT molecular complexity index is 506. The molecule has 1 aromatic rings. The van der Waals surface area contributed by atoms with Gasteiger partial charge in [0.25, 0.3) is 0 Å². The van der Waals surface area contributed by atoms with Gasteiger partial charge in [-0.15, -0.1) is 0 Å². The lowest BCUT2D eigenvalue weighted by Gasteiger charge is -2.15. The molecule has 0 bridgehead atoms. The molecular formula is C15H25NO3S. The number of hydrogen-bond donors (Lipinski definition) is 2. The Hall–Kier alpha value is -0.910. The Labute approximate surface area is 122 Å². The lowest BCUT2D eigenvalue weighted by Crippen LogP contribution is -2.34. The molecule has 0 saturated heterocycles. The zero-order valence-corrected chi connectivity index (χ0v) is 13.4. The minimum Gasteiger partial charge on any atom is -0.391 e. The van der Waals surface area contributed by atoms with Crippen LogP contribution in [0.5, 0.6) is 0 Å². The van der Waals surface area contributed by atoms with Crippen LogP contribution in [0.3, 0.4) is 0 Å². The summed E-state index contributed by atoms with van der Waals surface area (Å²) < 4.78 is 26.6. The number of rotatable bonds is 7. The van der Waals surface area contributed by atoms with Gasteiger partial charge in [-0.1, -0.05) is 39.8 Å². The van der Waals surface area contributed by atoms with Crippen LogP contribution in [-0.4, -0.2) is 26.2 Å². The number of nitrogens with one attached hydrogen (secondary N) is 1. The molecule has 0 radical (unpaired) electrons. The standard InChI is InChI=1S/C15H25NO3S/c1-11(2)9-13-5-7-14(8-6-13)20(18,19)16-10-15(17)12(3)4/h5-8,11-12,15-17H,9-10H2,1-4H3. The molecule has 0 aliphatic heterocycles. The van der Waals surface area contributed by atoms with Crippen molar-refractivity contribution in [2.75, 3.05) is 6.54 Å². The van der Waals surface area contributed by atoms with Crippen molar-refractivity contribution in [3.63, 3.8) is 0 Å². The number of sulfonamides is 1. The average Bonchev–Trinajstić information content (AvgIpc) is 2.35. The van der Waals surface area contributed by atoms with Gasteiger partial charge in [-0.25, -0.2) is 13.1 Å². The Morgan fingerprint density at radius 2 is 1.65 bits per heavy atom. The van der Waals surface area contributed by atoms with Gasteiger partial charge in [0.2, 0.25) is 10.0 Å². The predicted molar refractivity (Wildman–Crippen MR) is 81.0 cm³/mol. The molecule has 20 heavy (non-hydrogen) atoms. The molecule has 0 aliphatic carbocycles. The SMILES string of the molecule is CC(C)Cc1ccc(S(=O)(=O)NCC(O)C(C)C)cc1. The number of hydrogen-bond acceptors (Lipinski definition) is 3. The monoisotopic (exact) mass is 299 g/mol. The van der Waals surface area contributed by atoms with Crippen LogP contribution in [-0.2, 0) is 16.4 Å². The van der Waals surface area contributed by atoms with Crippen LogP contribution in [0.15, 0.2) is 29.2 Å². The molecule has 5 heteroatoms. The summed E-state index contributed by atoms with van der Waals surface area (Å²) in [6.07, 6.45) is 0.254. The van der Waals surface area contributed by atoms with Crippen molar-refractivity contribution in [1.29, 1.82) is 0 Å². The summed E-state index contributed by atoms with van der Waals surface area (Å²) in [4.78, 5) is 0.237. The molecule has 0 spiro atoms. The van der Waals surface area contributed by atoms with E-state index >= 15 is 0 Å². The molecule has 0 fully saturated rings. The maximum Gasteiger partial charge on any atom is 0.240 e. The smallest absolute Gasteiger partial charge is 0.240 e. The first-order valence-electron chi connectivity index (χ1n) is 6.99. The third-order valence-corrected chi connectivity index (χ3v) is 4.57. The summed E-state index contributed by atoms with van der Waals surface area (Å²) >= 11 is 0. The number of aliphatic hydroxyl groups is 1. The lowest BCUT2D eigenvalue weighted by atomic mass is 10.0. The van der Waals surface area contributed by atoms with Crippen molar-refractivity contribution >= 4 is 10.0 Å². The molecule has 0 aromatic heterocycles. The van der Waals surface area contributed by atoms with Crippen LogP contribution in [0.25, 0.3) is 0 Å². The van der Waals surface area contributed by atoms with Gasteiger partial charge >= 0.3 is 0 Å². The molecule has 2 N–H and O–H groups in total. The zero-order chi connectivity index (χ0) is 15.3. The van der Waals surface area contributed by atoms with Crippen molar-refractivity contribution in [1.82, 2.24) is 4.72 Å². The Kier molecular flexibility index (Phi) is 6.17. The van der Waals surface area contributed by atoms with Gasteiger partial charge in [0, 0.05) is 6.54 Å². The highest BCUT2D eigenvalue weighted by Gasteiger charge is 2.17. The second-order valence-electron chi connectivity index (χ2n) is 5.91. The quantitative estimate of drug-likeness (QED) is 0.811. The molecule has 1 aromatic carbocycles. The normalized spacial score (nSPS) is 13.9. The second kappa shape index (κ2) is 7.20. The highest BCUT2D eigenvalue weighted by molar-refractivity contribution is 7.89. The molecule has 1 atom stereocenters. The maximum absolute atomic E-state index is 12.1. The molecule has 1 unspecified atom stereocenters. The van der Waals surface area contributed by atoms with Gasteiger partial charge in [0.05, 0.1) is 11.0 Å². The second-order valence-corrected chi connectivity index (χ2v) is 7.67. The molecule has 114 valence electrons. The summed E-state index contributed by atoms with van der Waals surface area (Å²) in [7, 11) is -3.54. The zero-order valence-electron chi connectivity index (χ0n) is 12.6. The Morgan fingerprint density at radius 3 is 2.10 bits per heavy atom. The van der Waals surface area contributed by atoms with Crippen molar-refractivity contribution < 1.29 is 13.5 Å². The predicted octanol–water partition coefficient (Wildman–Crippen LogP) is 2.18.